The number of aromatic nitrogens is 1. The van der Waals surface area contributed by atoms with Crippen LogP contribution in [0.4, 0.5) is 13.2 Å². The molecule has 0 saturated carbocycles. The molecule has 13 heavy (non-hydrogen) atoms. The molecule has 0 fully saturated rings. The summed E-state index contributed by atoms with van der Waals surface area (Å²) in [5.74, 6) is 0. The van der Waals surface area contributed by atoms with E-state index in [-0.39, 0.29) is 0 Å². The van der Waals surface area contributed by atoms with Gasteiger partial charge in [-0.25, -0.2) is 0 Å². The van der Waals surface area contributed by atoms with E-state index in [1.54, 1.807) is 24.3 Å². The Balaban J connectivity index is 2.63. The van der Waals surface area contributed by atoms with Crippen LogP contribution in [0.5, 0.6) is 0 Å². The number of rotatable bonds is 0. The Labute approximate surface area is 78.0 Å². The molecule has 1 aromatic carbocycles. The molecule has 0 amide bonds. The van der Waals surface area contributed by atoms with E-state index in [4.69, 9.17) is 0 Å². The molecular weight excluding hydrogens is 246 g/mol. The maximum absolute atomic E-state index is 12.2. The first kappa shape index (κ1) is 8.78. The number of fused-ring (bicyclic) bond motifs is 1. The first-order valence-electron chi connectivity index (χ1n) is 3.50. The molecule has 1 heterocycles. The van der Waals surface area contributed by atoms with E-state index in [1.807, 2.05) is 0 Å². The van der Waals surface area contributed by atoms with Crippen molar-refractivity contribution < 1.29 is 13.2 Å². The molecule has 5 heteroatoms. The van der Waals surface area contributed by atoms with Crippen molar-refractivity contribution in [3.8, 4) is 0 Å². The summed E-state index contributed by atoms with van der Waals surface area (Å²) in [5, 5.41) is 0. The third kappa shape index (κ3) is 1.62. The number of halogens is 3. The van der Waals surface area contributed by atoms with Crippen LogP contribution in [-0.4, -0.2) is 19.5 Å². The molecule has 0 N–H and O–H groups in total. The molecule has 1 nitrogen and oxygen atoms in total. The number of nitrogens with zero attached hydrogens (tertiary/aromatic N) is 1. The zero-order chi connectivity index (χ0) is 9.47. The van der Waals surface area contributed by atoms with Crippen molar-refractivity contribution in [1.82, 2.24) is 4.98 Å². The number of benzene rings is 1. The minimum atomic E-state index is -4.26. The summed E-state index contributed by atoms with van der Waals surface area (Å²) in [6, 6.07) is 6.72. The van der Waals surface area contributed by atoms with Crippen LogP contribution in [0.25, 0.3) is 9.78 Å². The molecular formula is C8H4F3NSe. The van der Waals surface area contributed by atoms with E-state index < -0.39 is 25.2 Å². The Morgan fingerprint density at radius 2 is 1.85 bits per heavy atom. The summed E-state index contributed by atoms with van der Waals surface area (Å²) in [7, 11) is 0. The number of alkyl halides is 3. The molecule has 0 spiro atoms. The molecule has 0 aliphatic carbocycles. The van der Waals surface area contributed by atoms with Gasteiger partial charge in [-0.15, -0.1) is 0 Å². The minimum absolute atomic E-state index is 0.467. The third-order valence-corrected chi connectivity index (χ3v) is 3.80. The Morgan fingerprint density at radius 1 is 1.15 bits per heavy atom. The second kappa shape index (κ2) is 2.86. The molecule has 0 unspecified atom stereocenters. The average molecular weight is 250 g/mol. The van der Waals surface area contributed by atoms with Gasteiger partial charge in [0.15, 0.2) is 0 Å². The molecule has 0 atom stereocenters. The number of para-hydroxylation sites is 1. The molecule has 2 rings (SSSR count). The Hall–Kier alpha value is -0.801. The van der Waals surface area contributed by atoms with E-state index in [0.717, 1.165) is 0 Å². The molecule has 2 aromatic rings. The van der Waals surface area contributed by atoms with Gasteiger partial charge >= 0.3 is 77.4 Å². The van der Waals surface area contributed by atoms with Gasteiger partial charge in [-0.3, -0.25) is 0 Å². The van der Waals surface area contributed by atoms with E-state index >= 15 is 0 Å². The van der Waals surface area contributed by atoms with Gasteiger partial charge in [0.1, 0.15) is 0 Å². The van der Waals surface area contributed by atoms with Gasteiger partial charge in [0, 0.05) is 0 Å². The SMILES string of the molecule is FC(F)(F)c1nc2ccccc2[se]1. The molecule has 1 aromatic heterocycles. The van der Waals surface area contributed by atoms with Crippen LogP contribution in [-0.2, 0) is 6.18 Å². The second-order valence-electron chi connectivity index (χ2n) is 2.48. The van der Waals surface area contributed by atoms with Crippen LogP contribution in [0.2, 0.25) is 0 Å². The van der Waals surface area contributed by atoms with Crippen LogP contribution in [0.3, 0.4) is 0 Å². The van der Waals surface area contributed by atoms with E-state index in [1.165, 1.54) is 0 Å². The van der Waals surface area contributed by atoms with Gasteiger partial charge in [-0.05, 0) is 0 Å². The normalized spacial score (nSPS) is 12.2. The van der Waals surface area contributed by atoms with Gasteiger partial charge in [0.2, 0.25) is 0 Å². The van der Waals surface area contributed by atoms with Gasteiger partial charge in [0.05, 0.1) is 0 Å². The monoisotopic (exact) mass is 251 g/mol. The van der Waals surface area contributed by atoms with Gasteiger partial charge in [-0.1, -0.05) is 0 Å². The third-order valence-electron chi connectivity index (χ3n) is 1.54. The summed E-state index contributed by atoms with van der Waals surface area (Å²) < 4.78 is 36.7. The van der Waals surface area contributed by atoms with Crippen LogP contribution < -0.4 is 0 Å². The molecule has 0 aliphatic heterocycles. The summed E-state index contributed by atoms with van der Waals surface area (Å²) in [5.41, 5.74) is 0.467. The number of hydrogen-bond acceptors (Lipinski definition) is 1. The van der Waals surface area contributed by atoms with Crippen molar-refractivity contribution in [3.63, 3.8) is 0 Å². The second-order valence-corrected chi connectivity index (χ2v) is 4.65. The van der Waals surface area contributed by atoms with Crippen molar-refractivity contribution >= 4 is 24.3 Å². The molecule has 68 valence electrons. The van der Waals surface area contributed by atoms with Crippen molar-refractivity contribution in [2.75, 3.05) is 0 Å². The fourth-order valence-corrected chi connectivity index (χ4v) is 2.74. The first-order chi connectivity index (χ1) is 6.07. The van der Waals surface area contributed by atoms with Crippen LogP contribution in [0.15, 0.2) is 24.3 Å². The first-order valence-corrected chi connectivity index (χ1v) is 5.21. The Bertz CT molecular complexity index is 399. The van der Waals surface area contributed by atoms with E-state index in [9.17, 15) is 13.2 Å². The summed E-state index contributed by atoms with van der Waals surface area (Å²) in [4.78, 5) is 3.54. The summed E-state index contributed by atoms with van der Waals surface area (Å²) in [6.45, 7) is 0. The molecule has 0 radical (unpaired) electrons. The zero-order valence-corrected chi connectivity index (χ0v) is 8.01. The molecule has 0 aliphatic rings. The Morgan fingerprint density at radius 3 is 2.46 bits per heavy atom. The number of hydrogen-bond donors (Lipinski definition) is 0. The average Bonchev–Trinajstić information content (AvgIpc) is 2.45. The fourth-order valence-electron chi connectivity index (χ4n) is 0.993. The van der Waals surface area contributed by atoms with Crippen molar-refractivity contribution in [2.24, 2.45) is 0 Å². The topological polar surface area (TPSA) is 12.9 Å². The Kier molecular flexibility index (Phi) is 1.93. The van der Waals surface area contributed by atoms with E-state index in [0.29, 0.717) is 9.78 Å². The summed E-state index contributed by atoms with van der Waals surface area (Å²) >= 11 is -0.672. The van der Waals surface area contributed by atoms with Crippen molar-refractivity contribution in [3.05, 3.63) is 28.8 Å². The van der Waals surface area contributed by atoms with Crippen LogP contribution in [0.1, 0.15) is 4.57 Å². The van der Waals surface area contributed by atoms with E-state index in [2.05, 4.69) is 4.98 Å². The van der Waals surface area contributed by atoms with Gasteiger partial charge < -0.3 is 0 Å². The predicted octanol–water partition coefficient (Wildman–Crippen LogP) is 2.31. The van der Waals surface area contributed by atoms with Crippen molar-refractivity contribution in [2.45, 2.75) is 6.18 Å². The molecule has 0 saturated heterocycles. The van der Waals surface area contributed by atoms with Gasteiger partial charge in [-0.2, -0.15) is 0 Å². The van der Waals surface area contributed by atoms with Crippen LogP contribution >= 0.6 is 0 Å². The summed E-state index contributed by atoms with van der Waals surface area (Å²) in [6.07, 6.45) is -4.26. The maximum atomic E-state index is 12.2. The predicted molar refractivity (Wildman–Crippen MR) is 43.7 cm³/mol. The van der Waals surface area contributed by atoms with Crippen molar-refractivity contribution in [1.29, 1.82) is 0 Å². The van der Waals surface area contributed by atoms with Gasteiger partial charge in [0.25, 0.3) is 0 Å². The molecule has 0 bridgehead atoms. The zero-order valence-electron chi connectivity index (χ0n) is 6.30. The quantitative estimate of drug-likeness (QED) is 0.654. The standard InChI is InChI=1S/C8H4F3NSe/c9-8(10,11)7-12-5-3-1-2-4-6(5)13-7/h1-4H. The fraction of sp³-hybridized carbons (Fsp3) is 0.125. The van der Waals surface area contributed by atoms with Crippen LogP contribution in [0, 0.1) is 0 Å².